The van der Waals surface area contributed by atoms with Crippen LogP contribution in [0.4, 0.5) is 0 Å². The quantitative estimate of drug-likeness (QED) is 0.662. The van der Waals surface area contributed by atoms with Gasteiger partial charge in [0, 0.05) is 6.54 Å². The summed E-state index contributed by atoms with van der Waals surface area (Å²) >= 11 is 0. The largest absolute Gasteiger partial charge is 0.309 e. The van der Waals surface area contributed by atoms with E-state index < -0.39 is 20.0 Å². The van der Waals surface area contributed by atoms with E-state index in [1.807, 2.05) is 19.0 Å². The van der Waals surface area contributed by atoms with Gasteiger partial charge in [-0.05, 0) is 45.3 Å². The maximum Gasteiger partial charge on any atom is 0.240 e. The normalized spacial score (nSPS) is 12.8. The average Bonchev–Trinajstić information content (AvgIpc) is 2.34. The summed E-state index contributed by atoms with van der Waals surface area (Å²) in [7, 11) is -3.86. The third kappa shape index (κ3) is 5.17. The van der Waals surface area contributed by atoms with Crippen molar-refractivity contribution < 1.29 is 16.8 Å². The fourth-order valence-corrected chi connectivity index (χ4v) is 3.26. The molecule has 0 bridgehead atoms. The molecule has 0 heterocycles. The summed E-state index contributed by atoms with van der Waals surface area (Å²) in [5.41, 5.74) is 0. The highest BCUT2D eigenvalue weighted by atomic mass is 32.2. The van der Waals surface area contributed by atoms with Crippen LogP contribution in [0.3, 0.4) is 0 Å². The van der Waals surface area contributed by atoms with Crippen molar-refractivity contribution in [3.63, 3.8) is 0 Å². The fourth-order valence-electron chi connectivity index (χ4n) is 1.50. The van der Waals surface area contributed by atoms with Crippen molar-refractivity contribution in [2.45, 2.75) is 16.2 Å². The first kappa shape index (κ1) is 17.1. The third-order valence-corrected chi connectivity index (χ3v) is 4.89. The van der Waals surface area contributed by atoms with Crippen LogP contribution in [0, 0.1) is 0 Å². The van der Waals surface area contributed by atoms with Gasteiger partial charge < -0.3 is 4.90 Å². The number of hydrogen-bond acceptors (Lipinski definition) is 5. The molecule has 0 aliphatic rings. The SMILES string of the molecule is CN(C)CCCNS(=O)(=O)c1cccc(S(N)(=O)=O)c1. The van der Waals surface area contributed by atoms with Crippen LogP contribution in [-0.2, 0) is 20.0 Å². The van der Waals surface area contributed by atoms with Crippen LogP contribution in [-0.4, -0.2) is 48.9 Å². The molecule has 9 heteroatoms. The second kappa shape index (κ2) is 6.64. The van der Waals surface area contributed by atoms with Crippen LogP contribution in [0.5, 0.6) is 0 Å². The topological polar surface area (TPSA) is 110 Å². The van der Waals surface area contributed by atoms with Gasteiger partial charge in [0.2, 0.25) is 20.0 Å². The zero-order valence-corrected chi connectivity index (χ0v) is 13.0. The summed E-state index contributed by atoms with van der Waals surface area (Å²) in [5.74, 6) is 0. The lowest BCUT2D eigenvalue weighted by Crippen LogP contribution is -2.27. The highest BCUT2D eigenvalue weighted by Crippen LogP contribution is 2.14. The van der Waals surface area contributed by atoms with E-state index in [-0.39, 0.29) is 16.3 Å². The van der Waals surface area contributed by atoms with Gasteiger partial charge in [0.1, 0.15) is 0 Å². The van der Waals surface area contributed by atoms with E-state index in [4.69, 9.17) is 5.14 Å². The standard InChI is InChI=1S/C11H19N3O4S2/c1-14(2)8-4-7-13-20(17,18)11-6-3-5-10(9-11)19(12,15)16/h3,5-6,9,13H,4,7-8H2,1-2H3,(H2,12,15,16). The fraction of sp³-hybridized carbons (Fsp3) is 0.455. The van der Waals surface area contributed by atoms with Gasteiger partial charge in [-0.15, -0.1) is 0 Å². The number of primary sulfonamides is 1. The summed E-state index contributed by atoms with van der Waals surface area (Å²) < 4.78 is 48.8. The Bertz CT molecular complexity index is 654. The summed E-state index contributed by atoms with van der Waals surface area (Å²) in [6.45, 7) is 1.03. The van der Waals surface area contributed by atoms with E-state index >= 15 is 0 Å². The molecule has 3 N–H and O–H groups in total. The van der Waals surface area contributed by atoms with Gasteiger partial charge in [-0.2, -0.15) is 0 Å². The molecule has 0 fully saturated rings. The predicted molar refractivity (Wildman–Crippen MR) is 76.2 cm³/mol. The monoisotopic (exact) mass is 321 g/mol. The van der Waals surface area contributed by atoms with Gasteiger partial charge in [0.25, 0.3) is 0 Å². The molecule has 1 rings (SSSR count). The molecule has 0 saturated carbocycles. The van der Waals surface area contributed by atoms with Crippen LogP contribution in [0.1, 0.15) is 6.42 Å². The summed E-state index contributed by atoms with van der Waals surface area (Å²) in [5, 5.41) is 4.98. The first-order chi connectivity index (χ1) is 9.13. The lowest BCUT2D eigenvalue weighted by molar-refractivity contribution is 0.400. The Morgan fingerprint density at radius 1 is 1.15 bits per heavy atom. The van der Waals surface area contributed by atoms with Crippen LogP contribution in [0.15, 0.2) is 34.1 Å². The molecular weight excluding hydrogens is 302 g/mol. The summed E-state index contributed by atoms with van der Waals surface area (Å²) in [6.07, 6.45) is 0.654. The summed E-state index contributed by atoms with van der Waals surface area (Å²) in [6, 6.07) is 4.96. The van der Waals surface area contributed by atoms with E-state index in [1.54, 1.807) is 0 Å². The molecule has 0 aliphatic carbocycles. The Balaban J connectivity index is 2.83. The van der Waals surface area contributed by atoms with Crippen LogP contribution in [0.2, 0.25) is 0 Å². The molecule has 20 heavy (non-hydrogen) atoms. The first-order valence-electron chi connectivity index (χ1n) is 5.90. The van der Waals surface area contributed by atoms with Gasteiger partial charge >= 0.3 is 0 Å². The number of nitrogens with two attached hydrogens (primary N) is 1. The minimum absolute atomic E-state index is 0.117. The number of nitrogens with one attached hydrogen (secondary N) is 1. The van der Waals surface area contributed by atoms with Crippen molar-refractivity contribution in [2.24, 2.45) is 5.14 Å². The molecule has 0 saturated heterocycles. The van der Waals surface area contributed by atoms with Crippen LogP contribution in [0.25, 0.3) is 0 Å². The van der Waals surface area contributed by atoms with Crippen molar-refractivity contribution >= 4 is 20.0 Å². The Kier molecular flexibility index (Phi) is 5.66. The minimum Gasteiger partial charge on any atom is -0.309 e. The van der Waals surface area contributed by atoms with E-state index in [9.17, 15) is 16.8 Å². The maximum absolute atomic E-state index is 12.0. The Morgan fingerprint density at radius 3 is 2.30 bits per heavy atom. The minimum atomic E-state index is -3.92. The van der Waals surface area contributed by atoms with E-state index in [0.717, 1.165) is 12.6 Å². The number of benzene rings is 1. The molecule has 1 aromatic rings. The average molecular weight is 321 g/mol. The molecule has 1 aromatic carbocycles. The third-order valence-electron chi connectivity index (χ3n) is 2.52. The number of rotatable bonds is 7. The van der Waals surface area contributed by atoms with Crippen molar-refractivity contribution in [1.29, 1.82) is 0 Å². The van der Waals surface area contributed by atoms with E-state index in [1.165, 1.54) is 18.2 Å². The molecule has 0 spiro atoms. The number of hydrogen-bond donors (Lipinski definition) is 2. The maximum atomic E-state index is 12.0. The van der Waals surface area contributed by atoms with Gasteiger partial charge in [-0.25, -0.2) is 26.7 Å². The van der Waals surface area contributed by atoms with Crippen molar-refractivity contribution in [1.82, 2.24) is 9.62 Å². The number of nitrogens with zero attached hydrogens (tertiary/aromatic N) is 1. The van der Waals surface area contributed by atoms with Gasteiger partial charge in [0.05, 0.1) is 9.79 Å². The molecule has 7 nitrogen and oxygen atoms in total. The van der Waals surface area contributed by atoms with E-state index in [2.05, 4.69) is 4.72 Å². The van der Waals surface area contributed by atoms with Crippen LogP contribution < -0.4 is 9.86 Å². The zero-order chi connectivity index (χ0) is 15.4. The number of sulfonamides is 2. The molecule has 0 aliphatic heterocycles. The van der Waals surface area contributed by atoms with Gasteiger partial charge in [-0.3, -0.25) is 0 Å². The molecule has 0 unspecified atom stereocenters. The highest BCUT2D eigenvalue weighted by Gasteiger charge is 2.16. The lowest BCUT2D eigenvalue weighted by atomic mass is 10.4. The smallest absolute Gasteiger partial charge is 0.240 e. The van der Waals surface area contributed by atoms with Crippen molar-refractivity contribution in [3.8, 4) is 0 Å². The summed E-state index contributed by atoms with van der Waals surface area (Å²) in [4.78, 5) is 1.60. The lowest BCUT2D eigenvalue weighted by Gasteiger charge is -2.10. The highest BCUT2D eigenvalue weighted by molar-refractivity contribution is 7.90. The molecule has 0 aromatic heterocycles. The molecule has 0 radical (unpaired) electrons. The molecule has 0 atom stereocenters. The zero-order valence-electron chi connectivity index (χ0n) is 11.4. The predicted octanol–water partition coefficient (Wildman–Crippen LogP) is -0.436. The van der Waals surface area contributed by atoms with Crippen LogP contribution >= 0.6 is 0 Å². The van der Waals surface area contributed by atoms with E-state index in [0.29, 0.717) is 6.42 Å². The van der Waals surface area contributed by atoms with Crippen molar-refractivity contribution in [3.05, 3.63) is 24.3 Å². The van der Waals surface area contributed by atoms with Crippen molar-refractivity contribution in [2.75, 3.05) is 27.2 Å². The first-order valence-corrected chi connectivity index (χ1v) is 8.93. The second-order valence-electron chi connectivity index (χ2n) is 4.57. The Morgan fingerprint density at radius 2 is 1.75 bits per heavy atom. The molecular formula is C11H19N3O4S2. The Hall–Kier alpha value is -1.00. The van der Waals surface area contributed by atoms with Gasteiger partial charge in [0.15, 0.2) is 0 Å². The second-order valence-corrected chi connectivity index (χ2v) is 7.90. The van der Waals surface area contributed by atoms with Gasteiger partial charge in [-0.1, -0.05) is 6.07 Å². The molecule has 0 amide bonds. The molecule has 114 valence electrons. The Labute approximate surface area is 119 Å².